The number of nitrogens with zero attached hydrogens (tertiary/aromatic N) is 4. The highest BCUT2D eigenvalue weighted by atomic mass is 15.2. The standard InChI is InChI=1S/C9H12N6/c10-4-1-2-8-13-9(15-14-8)7-3-5-11-6-12-7/h3,5-6H,1-2,4,10H2,(H,13,14,15). The second-order valence-corrected chi connectivity index (χ2v) is 3.09. The summed E-state index contributed by atoms with van der Waals surface area (Å²) in [6, 6.07) is 1.77. The molecule has 2 heterocycles. The molecule has 15 heavy (non-hydrogen) atoms. The fraction of sp³-hybridized carbons (Fsp3) is 0.333. The van der Waals surface area contributed by atoms with Crippen LogP contribution in [0.1, 0.15) is 12.2 Å². The number of aromatic nitrogens is 5. The number of nitrogens with one attached hydrogen (secondary N) is 1. The van der Waals surface area contributed by atoms with E-state index in [1.807, 2.05) is 0 Å². The predicted molar refractivity (Wildman–Crippen MR) is 54.8 cm³/mol. The number of aromatic amines is 1. The van der Waals surface area contributed by atoms with Crippen molar-refractivity contribution < 1.29 is 0 Å². The minimum Gasteiger partial charge on any atom is -0.330 e. The maximum absolute atomic E-state index is 5.41. The number of hydrogen-bond acceptors (Lipinski definition) is 5. The van der Waals surface area contributed by atoms with Crippen molar-refractivity contribution in [3.63, 3.8) is 0 Å². The van der Waals surface area contributed by atoms with E-state index in [0.717, 1.165) is 24.4 Å². The molecule has 2 aromatic rings. The highest BCUT2D eigenvalue weighted by Crippen LogP contribution is 2.09. The Kier molecular flexibility index (Phi) is 2.99. The van der Waals surface area contributed by atoms with Crippen molar-refractivity contribution >= 4 is 0 Å². The van der Waals surface area contributed by atoms with Gasteiger partial charge < -0.3 is 5.73 Å². The molecule has 3 N–H and O–H groups in total. The summed E-state index contributed by atoms with van der Waals surface area (Å²) >= 11 is 0. The average molecular weight is 204 g/mol. The van der Waals surface area contributed by atoms with E-state index in [1.54, 1.807) is 12.3 Å². The highest BCUT2D eigenvalue weighted by molar-refractivity contribution is 5.46. The van der Waals surface area contributed by atoms with Crippen LogP contribution in [0.2, 0.25) is 0 Å². The van der Waals surface area contributed by atoms with E-state index in [4.69, 9.17) is 5.73 Å². The van der Waals surface area contributed by atoms with Gasteiger partial charge in [0, 0.05) is 12.6 Å². The van der Waals surface area contributed by atoms with Crippen molar-refractivity contribution in [3.05, 3.63) is 24.4 Å². The lowest BCUT2D eigenvalue weighted by Gasteiger charge is -1.91. The van der Waals surface area contributed by atoms with Gasteiger partial charge in [-0.25, -0.2) is 15.0 Å². The van der Waals surface area contributed by atoms with Crippen LogP contribution < -0.4 is 5.73 Å². The second kappa shape index (κ2) is 4.61. The lowest BCUT2D eigenvalue weighted by Crippen LogP contribution is -2.01. The van der Waals surface area contributed by atoms with Gasteiger partial charge in [0.25, 0.3) is 0 Å². The van der Waals surface area contributed by atoms with Crippen molar-refractivity contribution in [1.29, 1.82) is 0 Å². The zero-order valence-electron chi connectivity index (χ0n) is 8.22. The molecule has 0 saturated carbocycles. The second-order valence-electron chi connectivity index (χ2n) is 3.09. The summed E-state index contributed by atoms with van der Waals surface area (Å²) in [6.07, 6.45) is 4.86. The summed E-state index contributed by atoms with van der Waals surface area (Å²) in [5.41, 5.74) is 6.13. The normalized spacial score (nSPS) is 10.5. The van der Waals surface area contributed by atoms with Crippen LogP contribution in [-0.4, -0.2) is 31.7 Å². The Bertz CT molecular complexity index is 410. The summed E-state index contributed by atoms with van der Waals surface area (Å²) in [4.78, 5) is 12.2. The first kappa shape index (κ1) is 9.72. The van der Waals surface area contributed by atoms with E-state index in [-0.39, 0.29) is 0 Å². The van der Waals surface area contributed by atoms with E-state index in [2.05, 4.69) is 25.1 Å². The third-order valence-corrected chi connectivity index (χ3v) is 1.96. The van der Waals surface area contributed by atoms with Gasteiger partial charge >= 0.3 is 0 Å². The smallest absolute Gasteiger partial charge is 0.199 e. The number of aryl methyl sites for hydroxylation is 1. The number of nitrogens with two attached hydrogens (primary N) is 1. The zero-order chi connectivity index (χ0) is 10.5. The highest BCUT2D eigenvalue weighted by Gasteiger charge is 2.05. The van der Waals surface area contributed by atoms with Crippen LogP contribution in [0.15, 0.2) is 18.6 Å². The molecule has 0 atom stereocenters. The molecule has 2 aromatic heterocycles. The molecular weight excluding hydrogens is 192 g/mol. The van der Waals surface area contributed by atoms with Gasteiger partial charge in [0.15, 0.2) is 5.82 Å². The van der Waals surface area contributed by atoms with Crippen LogP contribution in [-0.2, 0) is 6.42 Å². The Morgan fingerprint density at radius 1 is 1.40 bits per heavy atom. The van der Waals surface area contributed by atoms with Crippen LogP contribution >= 0.6 is 0 Å². The van der Waals surface area contributed by atoms with Gasteiger partial charge in [-0.1, -0.05) is 0 Å². The SMILES string of the molecule is NCCCc1nc(-c2ccncn2)n[nH]1. The van der Waals surface area contributed by atoms with Crippen molar-refractivity contribution in [1.82, 2.24) is 25.1 Å². The molecule has 0 aliphatic carbocycles. The van der Waals surface area contributed by atoms with E-state index >= 15 is 0 Å². The van der Waals surface area contributed by atoms with Gasteiger partial charge in [0.1, 0.15) is 17.8 Å². The molecule has 78 valence electrons. The fourth-order valence-electron chi connectivity index (χ4n) is 1.21. The van der Waals surface area contributed by atoms with Crippen molar-refractivity contribution in [3.8, 4) is 11.5 Å². The molecule has 2 rings (SSSR count). The summed E-state index contributed by atoms with van der Waals surface area (Å²) < 4.78 is 0. The molecule has 6 heteroatoms. The maximum atomic E-state index is 5.41. The van der Waals surface area contributed by atoms with Crippen LogP contribution in [0.25, 0.3) is 11.5 Å². The third-order valence-electron chi connectivity index (χ3n) is 1.96. The Morgan fingerprint density at radius 2 is 2.33 bits per heavy atom. The topological polar surface area (TPSA) is 93.4 Å². The Balaban J connectivity index is 2.14. The van der Waals surface area contributed by atoms with Gasteiger partial charge in [-0.15, -0.1) is 0 Å². The minimum absolute atomic E-state index is 0.601. The van der Waals surface area contributed by atoms with E-state index < -0.39 is 0 Å². The summed E-state index contributed by atoms with van der Waals surface area (Å²) in [5, 5.41) is 6.93. The third kappa shape index (κ3) is 2.35. The van der Waals surface area contributed by atoms with Crippen LogP contribution in [0.4, 0.5) is 0 Å². The molecule has 0 bridgehead atoms. The van der Waals surface area contributed by atoms with E-state index in [0.29, 0.717) is 12.4 Å². The largest absolute Gasteiger partial charge is 0.330 e. The molecule has 6 nitrogen and oxygen atoms in total. The van der Waals surface area contributed by atoms with Crippen LogP contribution in [0, 0.1) is 0 Å². The quantitative estimate of drug-likeness (QED) is 0.739. The van der Waals surface area contributed by atoms with Gasteiger partial charge in [0.05, 0.1) is 0 Å². The number of rotatable bonds is 4. The molecule has 0 aliphatic heterocycles. The van der Waals surface area contributed by atoms with Crippen molar-refractivity contribution in [2.45, 2.75) is 12.8 Å². The molecule has 0 unspecified atom stereocenters. The first-order valence-corrected chi connectivity index (χ1v) is 4.78. The Morgan fingerprint density at radius 3 is 3.07 bits per heavy atom. The Hall–Kier alpha value is -1.82. The lowest BCUT2D eigenvalue weighted by molar-refractivity contribution is 0.785. The predicted octanol–water partition coefficient (Wildman–Crippen LogP) is 0.153. The van der Waals surface area contributed by atoms with Crippen LogP contribution in [0.5, 0.6) is 0 Å². The minimum atomic E-state index is 0.601. The molecule has 0 saturated heterocycles. The van der Waals surface area contributed by atoms with E-state index in [9.17, 15) is 0 Å². The molecule has 0 amide bonds. The van der Waals surface area contributed by atoms with E-state index in [1.165, 1.54) is 6.33 Å². The average Bonchev–Trinajstić information content (AvgIpc) is 2.76. The van der Waals surface area contributed by atoms with Gasteiger partial charge in [0.2, 0.25) is 0 Å². The van der Waals surface area contributed by atoms with Crippen molar-refractivity contribution in [2.24, 2.45) is 5.73 Å². The molecule has 0 fully saturated rings. The van der Waals surface area contributed by atoms with Gasteiger partial charge in [-0.05, 0) is 19.0 Å². The van der Waals surface area contributed by atoms with Crippen LogP contribution in [0.3, 0.4) is 0 Å². The molecular formula is C9H12N6. The summed E-state index contributed by atoms with van der Waals surface area (Å²) in [5.74, 6) is 1.44. The van der Waals surface area contributed by atoms with Crippen molar-refractivity contribution in [2.75, 3.05) is 6.54 Å². The fourth-order valence-corrected chi connectivity index (χ4v) is 1.21. The number of H-pyrrole nitrogens is 1. The maximum Gasteiger partial charge on any atom is 0.199 e. The first-order valence-electron chi connectivity index (χ1n) is 4.78. The van der Waals surface area contributed by atoms with Gasteiger partial charge in [-0.2, -0.15) is 5.10 Å². The first-order chi connectivity index (χ1) is 7.40. The molecule has 0 aromatic carbocycles. The lowest BCUT2D eigenvalue weighted by atomic mass is 10.3. The summed E-state index contributed by atoms with van der Waals surface area (Å²) in [6.45, 7) is 0.656. The van der Waals surface area contributed by atoms with Gasteiger partial charge in [-0.3, -0.25) is 5.10 Å². The summed E-state index contributed by atoms with van der Waals surface area (Å²) in [7, 11) is 0. The zero-order valence-corrected chi connectivity index (χ0v) is 8.22. The molecule has 0 aliphatic rings. The number of hydrogen-bond donors (Lipinski definition) is 2. The monoisotopic (exact) mass is 204 g/mol. The molecule has 0 spiro atoms. The molecule has 0 radical (unpaired) electrons. The Labute approximate surface area is 87.0 Å².